The van der Waals surface area contributed by atoms with Crippen molar-refractivity contribution in [1.29, 1.82) is 0 Å². The summed E-state index contributed by atoms with van der Waals surface area (Å²) >= 11 is 1.44. The van der Waals surface area contributed by atoms with Crippen molar-refractivity contribution in [3.8, 4) is 0 Å². The molecule has 0 saturated carbocycles. The van der Waals surface area contributed by atoms with Gasteiger partial charge >= 0.3 is 0 Å². The molecule has 1 aromatic carbocycles. The Morgan fingerprint density at radius 3 is 2.71 bits per heavy atom. The molecule has 0 radical (unpaired) electrons. The highest BCUT2D eigenvalue weighted by molar-refractivity contribution is 7.09. The molecule has 0 aliphatic heterocycles. The summed E-state index contributed by atoms with van der Waals surface area (Å²) in [6.45, 7) is 0. The fourth-order valence-corrected chi connectivity index (χ4v) is 2.19. The molecular formula is C12H11F2NOS. The van der Waals surface area contributed by atoms with Crippen molar-refractivity contribution in [1.82, 2.24) is 4.98 Å². The van der Waals surface area contributed by atoms with Gasteiger partial charge in [-0.05, 0) is 11.6 Å². The lowest BCUT2D eigenvalue weighted by molar-refractivity contribution is 0.149. The molecule has 90 valence electrons. The van der Waals surface area contributed by atoms with Crippen molar-refractivity contribution in [3.05, 3.63) is 52.0 Å². The third kappa shape index (κ3) is 3.08. The van der Waals surface area contributed by atoms with Crippen LogP contribution in [0.3, 0.4) is 0 Å². The van der Waals surface area contributed by atoms with Gasteiger partial charge in [0.15, 0.2) is 0 Å². The molecule has 2 rings (SSSR count). The first kappa shape index (κ1) is 12.1. The van der Waals surface area contributed by atoms with E-state index in [9.17, 15) is 13.9 Å². The first-order valence-electron chi connectivity index (χ1n) is 5.11. The molecule has 5 heteroatoms. The van der Waals surface area contributed by atoms with E-state index in [1.807, 2.05) is 5.38 Å². The molecule has 2 aromatic rings. The zero-order valence-electron chi connectivity index (χ0n) is 8.88. The number of rotatable bonds is 4. The van der Waals surface area contributed by atoms with E-state index in [-0.39, 0.29) is 5.56 Å². The van der Waals surface area contributed by atoms with E-state index >= 15 is 0 Å². The summed E-state index contributed by atoms with van der Waals surface area (Å²) in [6, 6.07) is 5.86. The summed E-state index contributed by atoms with van der Waals surface area (Å²) in [6.07, 6.45) is -1.30. The first-order valence-corrected chi connectivity index (χ1v) is 5.99. The molecule has 17 heavy (non-hydrogen) atoms. The molecule has 1 unspecified atom stereocenters. The highest BCUT2D eigenvalue weighted by atomic mass is 32.1. The van der Waals surface area contributed by atoms with Crippen LogP contribution in [0.4, 0.5) is 8.78 Å². The Labute approximate surface area is 102 Å². The highest BCUT2D eigenvalue weighted by Crippen LogP contribution is 2.24. The Balaban J connectivity index is 2.13. The Hall–Kier alpha value is -1.33. The van der Waals surface area contributed by atoms with Crippen molar-refractivity contribution in [2.45, 2.75) is 19.0 Å². The third-order valence-electron chi connectivity index (χ3n) is 2.40. The van der Waals surface area contributed by atoms with Crippen LogP contribution in [0.25, 0.3) is 0 Å². The molecule has 0 aliphatic rings. The van der Waals surface area contributed by atoms with Crippen molar-refractivity contribution in [3.63, 3.8) is 0 Å². The number of hydrogen-bond donors (Lipinski definition) is 1. The van der Waals surface area contributed by atoms with Gasteiger partial charge in [-0.2, -0.15) is 0 Å². The molecule has 0 spiro atoms. The van der Waals surface area contributed by atoms with Gasteiger partial charge in [-0.1, -0.05) is 18.2 Å². The summed E-state index contributed by atoms with van der Waals surface area (Å²) in [5.74, 6) is 0. The molecule has 0 fully saturated rings. The average molecular weight is 255 g/mol. The monoisotopic (exact) mass is 255 g/mol. The normalized spacial score (nSPS) is 12.9. The molecule has 0 amide bonds. The standard InChI is InChI=1S/C12H11F2NOS/c13-12(14)9-3-1-2-8(6-9)10(16)7-11-15-4-5-17-11/h1-6,10,12,16H,7H2. The van der Waals surface area contributed by atoms with E-state index in [1.165, 1.54) is 29.5 Å². The minimum absolute atomic E-state index is 0.0688. The Bertz CT molecular complexity index is 473. The number of thiazole rings is 1. The molecular weight excluding hydrogens is 244 g/mol. The van der Waals surface area contributed by atoms with Crippen LogP contribution in [0.15, 0.2) is 35.8 Å². The Kier molecular flexibility index (Phi) is 3.81. The molecule has 1 heterocycles. The van der Waals surface area contributed by atoms with Crippen LogP contribution in [-0.4, -0.2) is 10.1 Å². The second-order valence-electron chi connectivity index (χ2n) is 3.62. The molecule has 0 aliphatic carbocycles. The van der Waals surface area contributed by atoms with Crippen molar-refractivity contribution in [2.75, 3.05) is 0 Å². The number of aromatic nitrogens is 1. The van der Waals surface area contributed by atoms with Crippen molar-refractivity contribution >= 4 is 11.3 Å². The molecule has 2 nitrogen and oxygen atoms in total. The molecule has 0 saturated heterocycles. The number of nitrogens with zero attached hydrogens (tertiary/aromatic N) is 1. The van der Waals surface area contributed by atoms with Gasteiger partial charge in [0.1, 0.15) is 0 Å². The smallest absolute Gasteiger partial charge is 0.263 e. The predicted octanol–water partition coefficient (Wildman–Crippen LogP) is 3.36. The van der Waals surface area contributed by atoms with Gasteiger partial charge in [0, 0.05) is 23.6 Å². The quantitative estimate of drug-likeness (QED) is 0.908. The van der Waals surface area contributed by atoms with E-state index in [2.05, 4.69) is 4.98 Å². The molecule has 0 bridgehead atoms. The summed E-state index contributed by atoms with van der Waals surface area (Å²) in [4.78, 5) is 4.05. The lowest BCUT2D eigenvalue weighted by Crippen LogP contribution is -2.02. The lowest BCUT2D eigenvalue weighted by Gasteiger charge is -2.10. The van der Waals surface area contributed by atoms with Crippen molar-refractivity contribution in [2.24, 2.45) is 0 Å². The van der Waals surface area contributed by atoms with Crippen LogP contribution < -0.4 is 0 Å². The third-order valence-corrected chi connectivity index (χ3v) is 3.20. The summed E-state index contributed by atoms with van der Waals surface area (Å²) < 4.78 is 25.0. The van der Waals surface area contributed by atoms with Gasteiger partial charge in [0.25, 0.3) is 6.43 Å². The minimum Gasteiger partial charge on any atom is -0.388 e. The second-order valence-corrected chi connectivity index (χ2v) is 4.60. The topological polar surface area (TPSA) is 33.1 Å². The number of halogens is 2. The van der Waals surface area contributed by atoms with Gasteiger partial charge < -0.3 is 5.11 Å². The summed E-state index contributed by atoms with van der Waals surface area (Å²) in [5, 5.41) is 12.5. The summed E-state index contributed by atoms with van der Waals surface area (Å²) in [5.41, 5.74) is 0.429. The van der Waals surface area contributed by atoms with E-state index in [4.69, 9.17) is 0 Å². The van der Waals surface area contributed by atoms with Gasteiger partial charge in [-0.25, -0.2) is 13.8 Å². The number of alkyl halides is 2. The van der Waals surface area contributed by atoms with Crippen LogP contribution in [-0.2, 0) is 6.42 Å². The minimum atomic E-state index is -2.51. The van der Waals surface area contributed by atoms with E-state index in [0.29, 0.717) is 12.0 Å². The van der Waals surface area contributed by atoms with Gasteiger partial charge in [-0.15, -0.1) is 11.3 Å². The van der Waals surface area contributed by atoms with Gasteiger partial charge in [0.05, 0.1) is 11.1 Å². The zero-order chi connectivity index (χ0) is 12.3. The second kappa shape index (κ2) is 5.33. The summed E-state index contributed by atoms with van der Waals surface area (Å²) in [7, 11) is 0. The zero-order valence-corrected chi connectivity index (χ0v) is 9.70. The van der Waals surface area contributed by atoms with Crippen LogP contribution in [0.2, 0.25) is 0 Å². The Morgan fingerprint density at radius 2 is 2.06 bits per heavy atom. The lowest BCUT2D eigenvalue weighted by atomic mass is 10.0. The SMILES string of the molecule is OC(Cc1nccs1)c1cccc(C(F)F)c1. The largest absolute Gasteiger partial charge is 0.388 e. The van der Waals surface area contributed by atoms with Crippen LogP contribution in [0.1, 0.15) is 28.7 Å². The molecule has 1 aromatic heterocycles. The van der Waals surface area contributed by atoms with Crippen molar-refractivity contribution < 1.29 is 13.9 Å². The van der Waals surface area contributed by atoms with Crippen LogP contribution in [0, 0.1) is 0 Å². The number of benzene rings is 1. The maximum atomic E-state index is 12.5. The first-order chi connectivity index (χ1) is 8.16. The Morgan fingerprint density at radius 1 is 1.29 bits per heavy atom. The van der Waals surface area contributed by atoms with E-state index in [1.54, 1.807) is 12.3 Å². The van der Waals surface area contributed by atoms with E-state index < -0.39 is 12.5 Å². The predicted molar refractivity (Wildman–Crippen MR) is 62.2 cm³/mol. The fourth-order valence-electron chi connectivity index (χ4n) is 1.54. The fraction of sp³-hybridized carbons (Fsp3) is 0.250. The molecule has 1 atom stereocenters. The number of aliphatic hydroxyl groups is 1. The van der Waals surface area contributed by atoms with Crippen LogP contribution in [0.5, 0.6) is 0 Å². The number of hydrogen-bond acceptors (Lipinski definition) is 3. The average Bonchev–Trinajstić information content (AvgIpc) is 2.82. The maximum absolute atomic E-state index is 12.5. The maximum Gasteiger partial charge on any atom is 0.263 e. The van der Waals surface area contributed by atoms with Gasteiger partial charge in [0.2, 0.25) is 0 Å². The highest BCUT2D eigenvalue weighted by Gasteiger charge is 2.13. The van der Waals surface area contributed by atoms with Gasteiger partial charge in [-0.3, -0.25) is 0 Å². The number of aliphatic hydroxyl groups excluding tert-OH is 1. The van der Waals surface area contributed by atoms with E-state index in [0.717, 1.165) is 5.01 Å². The molecule has 1 N–H and O–H groups in total. The van der Waals surface area contributed by atoms with Crippen LogP contribution >= 0.6 is 11.3 Å².